The minimum absolute atomic E-state index is 0.00176. The number of aromatic amines is 1. The zero-order valence-corrected chi connectivity index (χ0v) is 10.4. The van der Waals surface area contributed by atoms with Gasteiger partial charge in [-0.2, -0.15) is 5.10 Å². The second-order valence-electron chi connectivity index (χ2n) is 3.56. The molecular formula is C11H8BrFN2O2. The summed E-state index contributed by atoms with van der Waals surface area (Å²) in [4.78, 5) is 10.7. The summed E-state index contributed by atoms with van der Waals surface area (Å²) in [5.41, 5.74) is 1.58. The first-order chi connectivity index (χ1) is 7.99. The molecule has 0 aliphatic rings. The van der Waals surface area contributed by atoms with Gasteiger partial charge in [-0.3, -0.25) is 5.10 Å². The van der Waals surface area contributed by atoms with E-state index < -0.39 is 5.97 Å². The molecule has 1 aromatic heterocycles. The lowest BCUT2D eigenvalue weighted by Crippen LogP contribution is -1.95. The lowest BCUT2D eigenvalue weighted by Gasteiger charge is -2.02. The van der Waals surface area contributed by atoms with Crippen LogP contribution in [0, 0.1) is 12.7 Å². The Balaban J connectivity index is 2.49. The number of aromatic nitrogens is 2. The van der Waals surface area contributed by atoms with Crippen molar-refractivity contribution >= 4 is 21.9 Å². The average molecular weight is 299 g/mol. The highest BCUT2D eigenvalue weighted by Crippen LogP contribution is 2.27. The van der Waals surface area contributed by atoms with E-state index in [0.717, 1.165) is 0 Å². The molecule has 2 rings (SSSR count). The quantitative estimate of drug-likeness (QED) is 0.896. The Bertz CT molecular complexity index is 572. The summed E-state index contributed by atoms with van der Waals surface area (Å²) in [7, 11) is 0. The highest BCUT2D eigenvalue weighted by atomic mass is 79.9. The van der Waals surface area contributed by atoms with Crippen LogP contribution in [0.5, 0.6) is 0 Å². The van der Waals surface area contributed by atoms with Gasteiger partial charge in [-0.15, -0.1) is 0 Å². The second-order valence-corrected chi connectivity index (χ2v) is 4.42. The number of nitrogens with zero attached hydrogens (tertiary/aromatic N) is 1. The third-order valence-corrected chi connectivity index (χ3v) is 2.89. The zero-order valence-electron chi connectivity index (χ0n) is 8.79. The van der Waals surface area contributed by atoms with E-state index >= 15 is 0 Å². The van der Waals surface area contributed by atoms with Crippen LogP contribution in [0.2, 0.25) is 0 Å². The van der Waals surface area contributed by atoms with E-state index in [-0.39, 0.29) is 11.5 Å². The van der Waals surface area contributed by atoms with Crippen LogP contribution >= 0.6 is 15.9 Å². The fraction of sp³-hybridized carbons (Fsp3) is 0.0909. The number of rotatable bonds is 2. The monoisotopic (exact) mass is 298 g/mol. The number of benzene rings is 1. The van der Waals surface area contributed by atoms with Crippen molar-refractivity contribution in [2.45, 2.75) is 6.92 Å². The first kappa shape index (κ1) is 11.8. The van der Waals surface area contributed by atoms with Crippen molar-refractivity contribution in [1.29, 1.82) is 0 Å². The van der Waals surface area contributed by atoms with Crippen molar-refractivity contribution in [3.63, 3.8) is 0 Å². The number of aromatic carboxylic acids is 1. The molecule has 0 saturated carbocycles. The minimum Gasteiger partial charge on any atom is -0.477 e. The van der Waals surface area contributed by atoms with Crippen LogP contribution in [0.25, 0.3) is 11.3 Å². The second kappa shape index (κ2) is 4.29. The van der Waals surface area contributed by atoms with E-state index in [9.17, 15) is 9.18 Å². The molecule has 0 aliphatic heterocycles. The minimum atomic E-state index is -1.08. The summed E-state index contributed by atoms with van der Waals surface area (Å²) < 4.78 is 13.7. The first-order valence-electron chi connectivity index (χ1n) is 4.73. The number of halogens is 2. The van der Waals surface area contributed by atoms with Gasteiger partial charge in [0.1, 0.15) is 11.5 Å². The highest BCUT2D eigenvalue weighted by Gasteiger charge is 2.12. The molecule has 0 unspecified atom stereocenters. The van der Waals surface area contributed by atoms with E-state index in [1.165, 1.54) is 6.07 Å². The lowest BCUT2D eigenvalue weighted by atomic mass is 10.1. The van der Waals surface area contributed by atoms with Gasteiger partial charge in [-0.1, -0.05) is 0 Å². The summed E-state index contributed by atoms with van der Waals surface area (Å²) in [5, 5.41) is 15.0. The van der Waals surface area contributed by atoms with Crippen molar-refractivity contribution in [2.24, 2.45) is 0 Å². The number of nitrogens with one attached hydrogen (secondary N) is 1. The highest BCUT2D eigenvalue weighted by molar-refractivity contribution is 9.10. The Morgan fingerprint density at radius 3 is 2.71 bits per heavy atom. The predicted molar refractivity (Wildman–Crippen MR) is 63.4 cm³/mol. The third kappa shape index (κ3) is 2.21. The molecule has 2 N–H and O–H groups in total. The number of hydrogen-bond acceptors (Lipinski definition) is 2. The molecule has 1 aromatic carbocycles. The molecule has 6 heteroatoms. The van der Waals surface area contributed by atoms with Crippen molar-refractivity contribution in [3.05, 3.63) is 39.7 Å². The van der Waals surface area contributed by atoms with Gasteiger partial charge in [-0.25, -0.2) is 9.18 Å². The Kier molecular flexibility index (Phi) is 2.97. The number of H-pyrrole nitrogens is 1. The van der Waals surface area contributed by atoms with Crippen LogP contribution in [0.3, 0.4) is 0 Å². The summed E-state index contributed by atoms with van der Waals surface area (Å²) >= 11 is 3.10. The summed E-state index contributed by atoms with van der Waals surface area (Å²) in [6.07, 6.45) is 0. The van der Waals surface area contributed by atoms with Gasteiger partial charge in [0.25, 0.3) is 0 Å². The number of hydrogen-bond donors (Lipinski definition) is 2. The lowest BCUT2D eigenvalue weighted by molar-refractivity contribution is 0.0690. The molecule has 0 spiro atoms. The smallest absolute Gasteiger partial charge is 0.353 e. The van der Waals surface area contributed by atoms with Gasteiger partial charge < -0.3 is 5.11 Å². The zero-order chi connectivity index (χ0) is 12.6. The van der Waals surface area contributed by atoms with Crippen molar-refractivity contribution < 1.29 is 14.3 Å². The van der Waals surface area contributed by atoms with E-state index in [4.69, 9.17) is 5.11 Å². The van der Waals surface area contributed by atoms with Gasteiger partial charge in [0.2, 0.25) is 0 Å². The van der Waals surface area contributed by atoms with Crippen molar-refractivity contribution in [3.8, 4) is 11.3 Å². The summed E-state index contributed by atoms with van der Waals surface area (Å²) in [5.74, 6) is -1.41. The van der Waals surface area contributed by atoms with E-state index in [1.807, 2.05) is 0 Å². The molecule has 0 radical (unpaired) electrons. The Hall–Kier alpha value is -1.69. The number of carboxylic acids is 1. The van der Waals surface area contributed by atoms with Crippen molar-refractivity contribution in [2.75, 3.05) is 0 Å². The van der Waals surface area contributed by atoms with Crippen LogP contribution in [0.15, 0.2) is 22.7 Å². The Morgan fingerprint density at radius 2 is 2.18 bits per heavy atom. The fourth-order valence-corrected chi connectivity index (χ4v) is 2.01. The molecule has 0 aliphatic carbocycles. The molecule has 4 nitrogen and oxygen atoms in total. The number of carboxylic acid groups (broad SMARTS) is 1. The molecular weight excluding hydrogens is 291 g/mol. The van der Waals surface area contributed by atoms with Crippen LogP contribution in [-0.4, -0.2) is 21.3 Å². The van der Waals surface area contributed by atoms with Crippen LogP contribution in [0.4, 0.5) is 4.39 Å². The van der Waals surface area contributed by atoms with E-state index in [0.29, 0.717) is 21.3 Å². The van der Waals surface area contributed by atoms with E-state index in [1.54, 1.807) is 19.1 Å². The largest absolute Gasteiger partial charge is 0.477 e. The fourth-order valence-electron chi connectivity index (χ4n) is 1.45. The predicted octanol–water partition coefficient (Wildman–Crippen LogP) is 2.98. The molecule has 1 heterocycles. The molecule has 0 saturated heterocycles. The maximum Gasteiger partial charge on any atom is 0.353 e. The van der Waals surface area contributed by atoms with Gasteiger partial charge in [0, 0.05) is 5.56 Å². The molecule has 2 aromatic rings. The van der Waals surface area contributed by atoms with Crippen molar-refractivity contribution in [1.82, 2.24) is 10.2 Å². The summed E-state index contributed by atoms with van der Waals surface area (Å²) in [6.45, 7) is 1.63. The molecule has 0 bridgehead atoms. The standard InChI is InChI=1S/C11H8BrFN2O2/c1-5-2-6(3-7(12)10(5)13)8-4-9(11(16)17)15-14-8/h2-4H,1H3,(H,14,15)(H,16,17). The normalized spacial score (nSPS) is 10.5. The average Bonchev–Trinajstić information content (AvgIpc) is 2.74. The van der Waals surface area contributed by atoms with Gasteiger partial charge in [-0.05, 0) is 46.6 Å². The number of carbonyl (C=O) groups is 1. The van der Waals surface area contributed by atoms with Gasteiger partial charge >= 0.3 is 5.97 Å². The van der Waals surface area contributed by atoms with Crippen LogP contribution in [-0.2, 0) is 0 Å². The Morgan fingerprint density at radius 1 is 1.47 bits per heavy atom. The third-order valence-electron chi connectivity index (χ3n) is 2.31. The maximum absolute atomic E-state index is 13.4. The topological polar surface area (TPSA) is 66.0 Å². The molecule has 0 atom stereocenters. The molecule has 88 valence electrons. The number of aryl methyl sites for hydroxylation is 1. The molecule has 0 amide bonds. The van der Waals surface area contributed by atoms with E-state index in [2.05, 4.69) is 26.1 Å². The SMILES string of the molecule is Cc1cc(-c2cc(C(=O)O)[nH]n2)cc(Br)c1F. The molecule has 17 heavy (non-hydrogen) atoms. The Labute approximate surface area is 105 Å². The maximum atomic E-state index is 13.4. The first-order valence-corrected chi connectivity index (χ1v) is 5.53. The van der Waals surface area contributed by atoms with Crippen LogP contribution < -0.4 is 0 Å². The van der Waals surface area contributed by atoms with Crippen LogP contribution in [0.1, 0.15) is 16.1 Å². The molecule has 0 fully saturated rings. The summed E-state index contributed by atoms with van der Waals surface area (Å²) in [6, 6.07) is 4.58. The van der Waals surface area contributed by atoms with Gasteiger partial charge in [0.15, 0.2) is 0 Å². The van der Waals surface area contributed by atoms with Gasteiger partial charge in [0.05, 0.1) is 10.2 Å².